The fourth-order valence-corrected chi connectivity index (χ4v) is 0.607. The SMILES string of the molecule is O=Cc1cc(OCC(F)(F)F)n[nH]1. The van der Waals surface area contributed by atoms with Crippen molar-refractivity contribution in [2.45, 2.75) is 6.18 Å². The molecule has 1 aromatic rings. The number of halogens is 3. The van der Waals surface area contributed by atoms with Crippen LogP contribution >= 0.6 is 0 Å². The number of ether oxygens (including phenoxy) is 1. The molecule has 0 aliphatic carbocycles. The van der Waals surface area contributed by atoms with Gasteiger partial charge in [0.1, 0.15) is 5.69 Å². The number of rotatable bonds is 3. The summed E-state index contributed by atoms with van der Waals surface area (Å²) in [6.07, 6.45) is -3.98. The van der Waals surface area contributed by atoms with Crippen LogP contribution in [0.15, 0.2) is 6.07 Å². The highest BCUT2D eigenvalue weighted by atomic mass is 19.4. The Morgan fingerprint density at radius 3 is 2.77 bits per heavy atom. The van der Waals surface area contributed by atoms with Crippen LogP contribution in [0.1, 0.15) is 10.5 Å². The first-order valence-corrected chi connectivity index (χ1v) is 3.21. The molecule has 1 aromatic heterocycles. The van der Waals surface area contributed by atoms with Gasteiger partial charge in [-0.2, -0.15) is 13.2 Å². The molecule has 0 aromatic carbocycles. The Morgan fingerprint density at radius 1 is 1.62 bits per heavy atom. The summed E-state index contributed by atoms with van der Waals surface area (Å²) in [5.74, 6) is -0.251. The first-order chi connectivity index (χ1) is 6.01. The molecule has 0 unspecified atom stereocenters. The Labute approximate surface area is 70.7 Å². The van der Waals surface area contributed by atoms with Gasteiger partial charge in [0.25, 0.3) is 0 Å². The van der Waals surface area contributed by atoms with Crippen molar-refractivity contribution in [1.82, 2.24) is 10.2 Å². The second kappa shape index (κ2) is 3.46. The molecule has 1 N–H and O–H groups in total. The molecule has 0 saturated carbocycles. The lowest BCUT2D eigenvalue weighted by Crippen LogP contribution is -2.19. The molecule has 13 heavy (non-hydrogen) atoms. The fourth-order valence-electron chi connectivity index (χ4n) is 0.607. The van der Waals surface area contributed by atoms with Gasteiger partial charge in [-0.15, -0.1) is 5.10 Å². The smallest absolute Gasteiger partial charge is 0.422 e. The second-order valence-corrected chi connectivity index (χ2v) is 2.18. The lowest BCUT2D eigenvalue weighted by Gasteiger charge is -2.05. The van der Waals surface area contributed by atoms with Crippen LogP contribution in [0.2, 0.25) is 0 Å². The summed E-state index contributed by atoms with van der Waals surface area (Å²) < 4.78 is 39.0. The summed E-state index contributed by atoms with van der Waals surface area (Å²) in [6, 6.07) is 1.08. The van der Waals surface area contributed by atoms with Gasteiger partial charge in [0.15, 0.2) is 12.9 Å². The van der Waals surface area contributed by atoms with Crippen molar-refractivity contribution in [3.05, 3.63) is 11.8 Å². The summed E-state index contributed by atoms with van der Waals surface area (Å²) in [5.41, 5.74) is 0.0668. The molecule has 0 radical (unpaired) electrons. The quantitative estimate of drug-likeness (QED) is 0.734. The van der Waals surface area contributed by atoms with Crippen molar-refractivity contribution in [2.24, 2.45) is 0 Å². The van der Waals surface area contributed by atoms with Gasteiger partial charge in [0, 0.05) is 6.07 Å². The average molecular weight is 194 g/mol. The number of carbonyl (C=O) groups is 1. The lowest BCUT2D eigenvalue weighted by atomic mass is 10.5. The van der Waals surface area contributed by atoms with Crippen molar-refractivity contribution >= 4 is 6.29 Å². The summed E-state index contributed by atoms with van der Waals surface area (Å²) in [6.45, 7) is -1.42. The lowest BCUT2D eigenvalue weighted by molar-refractivity contribution is -0.154. The van der Waals surface area contributed by atoms with Gasteiger partial charge in [0.2, 0.25) is 5.88 Å². The first kappa shape index (κ1) is 9.56. The number of aromatic amines is 1. The van der Waals surface area contributed by atoms with Crippen LogP contribution in [0.3, 0.4) is 0 Å². The molecule has 0 aliphatic rings. The largest absolute Gasteiger partial charge is 0.467 e. The maximum atomic E-state index is 11.6. The molecule has 7 heteroatoms. The van der Waals surface area contributed by atoms with E-state index in [-0.39, 0.29) is 11.6 Å². The summed E-state index contributed by atoms with van der Waals surface area (Å²) in [4.78, 5) is 10.1. The molecule has 0 aliphatic heterocycles. The molecule has 1 heterocycles. The van der Waals surface area contributed by atoms with E-state index in [0.29, 0.717) is 6.29 Å². The topological polar surface area (TPSA) is 55.0 Å². The third-order valence-electron chi connectivity index (χ3n) is 1.08. The fraction of sp³-hybridized carbons (Fsp3) is 0.333. The molecular weight excluding hydrogens is 189 g/mol. The zero-order valence-electron chi connectivity index (χ0n) is 6.26. The third kappa shape index (κ3) is 3.14. The van der Waals surface area contributed by atoms with Crippen molar-refractivity contribution < 1.29 is 22.7 Å². The number of alkyl halides is 3. The van der Waals surface area contributed by atoms with Gasteiger partial charge in [0.05, 0.1) is 0 Å². The molecule has 0 atom stereocenters. The first-order valence-electron chi connectivity index (χ1n) is 3.21. The minimum Gasteiger partial charge on any atom is -0.467 e. The van der Waals surface area contributed by atoms with Gasteiger partial charge in [-0.05, 0) is 0 Å². The van der Waals surface area contributed by atoms with E-state index < -0.39 is 12.8 Å². The highest BCUT2D eigenvalue weighted by Crippen LogP contribution is 2.16. The Bertz CT molecular complexity index is 294. The highest BCUT2D eigenvalue weighted by molar-refractivity contribution is 5.71. The average Bonchev–Trinajstić information content (AvgIpc) is 2.47. The van der Waals surface area contributed by atoms with Gasteiger partial charge in [-0.1, -0.05) is 0 Å². The Hall–Kier alpha value is -1.53. The van der Waals surface area contributed by atoms with Crippen LogP contribution in [0.25, 0.3) is 0 Å². The van der Waals surface area contributed by atoms with E-state index in [1.807, 2.05) is 0 Å². The van der Waals surface area contributed by atoms with E-state index in [2.05, 4.69) is 14.9 Å². The molecule has 0 fully saturated rings. The summed E-state index contributed by atoms with van der Waals surface area (Å²) in [7, 11) is 0. The Morgan fingerprint density at radius 2 is 2.31 bits per heavy atom. The molecule has 0 amide bonds. The zero-order valence-corrected chi connectivity index (χ0v) is 6.26. The number of H-pyrrole nitrogens is 1. The minimum absolute atomic E-state index is 0.0668. The molecule has 4 nitrogen and oxygen atoms in total. The van der Waals surface area contributed by atoms with Crippen molar-refractivity contribution in [3.63, 3.8) is 0 Å². The van der Waals surface area contributed by atoms with E-state index >= 15 is 0 Å². The predicted octanol–water partition coefficient (Wildman–Crippen LogP) is 1.16. The third-order valence-corrected chi connectivity index (χ3v) is 1.08. The van der Waals surface area contributed by atoms with Crippen molar-refractivity contribution in [3.8, 4) is 5.88 Å². The molecule has 72 valence electrons. The maximum Gasteiger partial charge on any atom is 0.422 e. The number of aromatic nitrogens is 2. The van der Waals surface area contributed by atoms with Crippen LogP contribution in [0, 0.1) is 0 Å². The van der Waals surface area contributed by atoms with Crippen molar-refractivity contribution in [2.75, 3.05) is 6.61 Å². The van der Waals surface area contributed by atoms with Crippen LogP contribution in [-0.4, -0.2) is 29.3 Å². The van der Waals surface area contributed by atoms with E-state index in [0.717, 1.165) is 6.07 Å². The van der Waals surface area contributed by atoms with Crippen LogP contribution < -0.4 is 4.74 Å². The van der Waals surface area contributed by atoms with Gasteiger partial charge >= 0.3 is 6.18 Å². The van der Waals surface area contributed by atoms with E-state index in [4.69, 9.17) is 0 Å². The van der Waals surface area contributed by atoms with Crippen LogP contribution in [0.4, 0.5) is 13.2 Å². The molecule has 0 bridgehead atoms. The Kier molecular flexibility index (Phi) is 2.54. The van der Waals surface area contributed by atoms with Gasteiger partial charge < -0.3 is 4.74 Å². The van der Waals surface area contributed by atoms with E-state index in [1.54, 1.807) is 0 Å². The van der Waals surface area contributed by atoms with Crippen LogP contribution in [0.5, 0.6) is 5.88 Å². The Balaban J connectivity index is 2.50. The molecule has 0 saturated heterocycles. The molecule has 0 spiro atoms. The van der Waals surface area contributed by atoms with E-state index in [9.17, 15) is 18.0 Å². The molecular formula is C6H5F3N2O2. The maximum absolute atomic E-state index is 11.6. The monoisotopic (exact) mass is 194 g/mol. The number of nitrogens with zero attached hydrogens (tertiary/aromatic N) is 1. The second-order valence-electron chi connectivity index (χ2n) is 2.18. The number of carbonyl (C=O) groups excluding carboxylic acids is 1. The van der Waals surface area contributed by atoms with Crippen molar-refractivity contribution in [1.29, 1.82) is 0 Å². The standard InChI is InChI=1S/C6H5F3N2O2/c7-6(8,9)3-13-5-1-4(2-12)10-11-5/h1-2H,3H2,(H,10,11). The van der Waals surface area contributed by atoms with Gasteiger partial charge in [-0.25, -0.2) is 0 Å². The minimum atomic E-state index is -4.40. The normalized spacial score (nSPS) is 11.3. The zero-order chi connectivity index (χ0) is 9.90. The predicted molar refractivity (Wildman–Crippen MR) is 35.5 cm³/mol. The number of hydrogen-bond donors (Lipinski definition) is 1. The van der Waals surface area contributed by atoms with Gasteiger partial charge in [-0.3, -0.25) is 9.89 Å². The highest BCUT2D eigenvalue weighted by Gasteiger charge is 2.28. The number of aldehydes is 1. The molecule has 1 rings (SSSR count). The van der Waals surface area contributed by atoms with Crippen LogP contribution in [-0.2, 0) is 0 Å². The summed E-state index contributed by atoms with van der Waals surface area (Å²) >= 11 is 0. The summed E-state index contributed by atoms with van der Waals surface area (Å²) in [5, 5.41) is 5.49. The number of hydrogen-bond acceptors (Lipinski definition) is 3. The number of nitrogens with one attached hydrogen (secondary N) is 1. The van der Waals surface area contributed by atoms with E-state index in [1.165, 1.54) is 0 Å².